The van der Waals surface area contributed by atoms with Crippen molar-refractivity contribution < 1.29 is 13.2 Å². The lowest BCUT2D eigenvalue weighted by atomic mass is 10.3. The van der Waals surface area contributed by atoms with E-state index in [2.05, 4.69) is 10.0 Å². The highest BCUT2D eigenvalue weighted by Crippen LogP contribution is 2.04. The molecule has 1 rings (SSSR count). The van der Waals surface area contributed by atoms with E-state index in [1.807, 2.05) is 0 Å². The van der Waals surface area contributed by atoms with Crippen LogP contribution in [-0.2, 0) is 14.8 Å². The number of nitrogens with zero attached hydrogens (tertiary/aromatic N) is 1. The van der Waals surface area contributed by atoms with Gasteiger partial charge < -0.3 is 10.2 Å². The zero-order valence-corrected chi connectivity index (χ0v) is 9.80. The first-order valence-corrected chi connectivity index (χ1v) is 6.45. The number of nitrogens with one attached hydrogen (secondary N) is 2. The second kappa shape index (κ2) is 4.91. The van der Waals surface area contributed by atoms with Crippen molar-refractivity contribution in [3.05, 3.63) is 0 Å². The Hall–Kier alpha value is -0.660. The molecular weight excluding hydrogens is 218 g/mol. The SMILES string of the molecule is CNS(=O)(=O)C(C)C(=O)N1CCNCC1. The molecular formula is C8H17N3O3S. The molecule has 1 heterocycles. The predicted molar refractivity (Wildman–Crippen MR) is 56.9 cm³/mol. The van der Waals surface area contributed by atoms with Crippen LogP contribution < -0.4 is 10.0 Å². The van der Waals surface area contributed by atoms with Crippen molar-refractivity contribution >= 4 is 15.9 Å². The molecule has 1 saturated heterocycles. The third-order valence-electron chi connectivity index (χ3n) is 2.53. The van der Waals surface area contributed by atoms with Gasteiger partial charge in [-0.3, -0.25) is 4.79 Å². The number of sulfonamides is 1. The highest BCUT2D eigenvalue weighted by molar-refractivity contribution is 7.90. The van der Waals surface area contributed by atoms with Gasteiger partial charge in [-0.25, -0.2) is 13.1 Å². The van der Waals surface area contributed by atoms with Crippen LogP contribution in [0, 0.1) is 0 Å². The lowest BCUT2D eigenvalue weighted by Gasteiger charge is -2.29. The zero-order chi connectivity index (χ0) is 11.5. The second-order valence-electron chi connectivity index (χ2n) is 3.47. The predicted octanol–water partition coefficient (Wildman–Crippen LogP) is -1.64. The van der Waals surface area contributed by atoms with Crippen molar-refractivity contribution in [3.63, 3.8) is 0 Å². The van der Waals surface area contributed by atoms with Crippen molar-refractivity contribution in [1.82, 2.24) is 14.9 Å². The van der Waals surface area contributed by atoms with Gasteiger partial charge in [0.1, 0.15) is 0 Å². The van der Waals surface area contributed by atoms with Gasteiger partial charge in [0.25, 0.3) is 0 Å². The Bertz CT molecular complexity index is 322. The van der Waals surface area contributed by atoms with Crippen molar-refractivity contribution in [3.8, 4) is 0 Å². The normalized spacial score (nSPS) is 20.0. The zero-order valence-electron chi connectivity index (χ0n) is 8.99. The van der Waals surface area contributed by atoms with Crippen LogP contribution >= 0.6 is 0 Å². The van der Waals surface area contributed by atoms with Gasteiger partial charge >= 0.3 is 0 Å². The van der Waals surface area contributed by atoms with Crippen molar-refractivity contribution in [2.45, 2.75) is 12.2 Å². The minimum absolute atomic E-state index is 0.328. The molecule has 6 nitrogen and oxygen atoms in total. The van der Waals surface area contributed by atoms with Gasteiger partial charge in [0.2, 0.25) is 15.9 Å². The van der Waals surface area contributed by atoms with E-state index in [9.17, 15) is 13.2 Å². The molecule has 1 unspecified atom stereocenters. The van der Waals surface area contributed by atoms with Crippen molar-refractivity contribution in [1.29, 1.82) is 0 Å². The van der Waals surface area contributed by atoms with Crippen LogP contribution in [-0.4, -0.2) is 57.7 Å². The summed E-state index contributed by atoms with van der Waals surface area (Å²) in [4.78, 5) is 13.4. The molecule has 1 aliphatic heterocycles. The molecule has 2 N–H and O–H groups in total. The molecule has 1 amide bonds. The molecule has 1 aliphatic rings. The summed E-state index contributed by atoms with van der Waals surface area (Å²) in [7, 11) is -2.19. The number of rotatable bonds is 3. The fourth-order valence-electron chi connectivity index (χ4n) is 1.45. The Morgan fingerprint density at radius 3 is 2.40 bits per heavy atom. The third-order valence-corrected chi connectivity index (χ3v) is 4.23. The van der Waals surface area contributed by atoms with E-state index in [4.69, 9.17) is 0 Å². The van der Waals surface area contributed by atoms with Gasteiger partial charge in [0.15, 0.2) is 5.25 Å². The molecule has 0 aliphatic carbocycles. The van der Waals surface area contributed by atoms with Gasteiger partial charge in [0.05, 0.1) is 0 Å². The Kier molecular flexibility index (Phi) is 4.06. The summed E-state index contributed by atoms with van der Waals surface area (Å²) in [5, 5.41) is 2.09. The number of carbonyl (C=O) groups is 1. The highest BCUT2D eigenvalue weighted by atomic mass is 32.2. The molecule has 1 fully saturated rings. The summed E-state index contributed by atoms with van der Waals surface area (Å²) in [5.74, 6) is -0.328. The quantitative estimate of drug-likeness (QED) is 0.615. The lowest BCUT2D eigenvalue weighted by Crippen LogP contribution is -2.51. The third kappa shape index (κ3) is 2.90. The van der Waals surface area contributed by atoms with Crippen LogP contribution in [0.2, 0.25) is 0 Å². The van der Waals surface area contributed by atoms with Gasteiger partial charge in [0, 0.05) is 26.2 Å². The fraction of sp³-hybridized carbons (Fsp3) is 0.875. The first-order valence-electron chi connectivity index (χ1n) is 4.91. The number of amides is 1. The van der Waals surface area contributed by atoms with E-state index in [1.165, 1.54) is 14.0 Å². The fourth-order valence-corrected chi connectivity index (χ4v) is 2.22. The van der Waals surface area contributed by atoms with E-state index >= 15 is 0 Å². The van der Waals surface area contributed by atoms with Crippen LogP contribution in [0.5, 0.6) is 0 Å². The average Bonchev–Trinajstić information content (AvgIpc) is 2.28. The summed E-state index contributed by atoms with van der Waals surface area (Å²) in [6.45, 7) is 4.00. The van der Waals surface area contributed by atoms with E-state index in [-0.39, 0.29) is 5.91 Å². The molecule has 88 valence electrons. The number of piperazine rings is 1. The molecule has 0 radical (unpaired) electrons. The van der Waals surface area contributed by atoms with Crippen molar-refractivity contribution in [2.75, 3.05) is 33.2 Å². The minimum Gasteiger partial charge on any atom is -0.339 e. The molecule has 0 aromatic heterocycles. The first-order chi connectivity index (χ1) is 6.99. The van der Waals surface area contributed by atoms with Crippen molar-refractivity contribution in [2.24, 2.45) is 0 Å². The summed E-state index contributed by atoms with van der Waals surface area (Å²) < 4.78 is 25.0. The van der Waals surface area contributed by atoms with Crippen LogP contribution in [0.3, 0.4) is 0 Å². The molecule has 7 heteroatoms. The number of hydrogen-bond donors (Lipinski definition) is 2. The van der Waals surface area contributed by atoms with E-state index in [0.717, 1.165) is 13.1 Å². The lowest BCUT2D eigenvalue weighted by molar-refractivity contribution is -0.131. The highest BCUT2D eigenvalue weighted by Gasteiger charge is 2.30. The maximum absolute atomic E-state index is 11.8. The Morgan fingerprint density at radius 2 is 1.93 bits per heavy atom. The molecule has 0 bridgehead atoms. The summed E-state index contributed by atoms with van der Waals surface area (Å²) >= 11 is 0. The van der Waals surface area contributed by atoms with Gasteiger partial charge in [-0.15, -0.1) is 0 Å². The van der Waals surface area contributed by atoms with E-state index in [0.29, 0.717) is 13.1 Å². The second-order valence-corrected chi connectivity index (χ2v) is 5.67. The smallest absolute Gasteiger partial charge is 0.242 e. The summed E-state index contributed by atoms with van der Waals surface area (Å²) in [6.07, 6.45) is 0. The summed E-state index contributed by atoms with van der Waals surface area (Å²) in [5.41, 5.74) is 0. The van der Waals surface area contributed by atoms with Gasteiger partial charge in [-0.2, -0.15) is 0 Å². The molecule has 15 heavy (non-hydrogen) atoms. The van der Waals surface area contributed by atoms with E-state index < -0.39 is 15.3 Å². The molecule has 0 aromatic rings. The number of hydrogen-bond acceptors (Lipinski definition) is 4. The topological polar surface area (TPSA) is 78.5 Å². The van der Waals surface area contributed by atoms with Gasteiger partial charge in [-0.1, -0.05) is 0 Å². The van der Waals surface area contributed by atoms with Crippen LogP contribution in [0.1, 0.15) is 6.92 Å². The first kappa shape index (κ1) is 12.4. The molecule has 1 atom stereocenters. The van der Waals surface area contributed by atoms with E-state index in [1.54, 1.807) is 4.90 Å². The summed E-state index contributed by atoms with van der Waals surface area (Å²) in [6, 6.07) is 0. The Balaban J connectivity index is 2.67. The molecule has 0 saturated carbocycles. The average molecular weight is 235 g/mol. The van der Waals surface area contributed by atoms with Crippen LogP contribution in [0.15, 0.2) is 0 Å². The molecule has 0 spiro atoms. The monoisotopic (exact) mass is 235 g/mol. The molecule has 0 aromatic carbocycles. The van der Waals surface area contributed by atoms with Gasteiger partial charge in [-0.05, 0) is 14.0 Å². The standard InChI is InChI=1S/C8H17N3O3S/c1-7(15(13,14)9-2)8(12)11-5-3-10-4-6-11/h7,9-10H,3-6H2,1-2H3. The Labute approximate surface area is 90.1 Å². The Morgan fingerprint density at radius 1 is 1.40 bits per heavy atom. The largest absolute Gasteiger partial charge is 0.339 e. The van der Waals surface area contributed by atoms with Crippen LogP contribution in [0.25, 0.3) is 0 Å². The minimum atomic E-state index is -3.51. The maximum atomic E-state index is 11.8. The van der Waals surface area contributed by atoms with Crippen LogP contribution in [0.4, 0.5) is 0 Å². The maximum Gasteiger partial charge on any atom is 0.242 e. The number of carbonyl (C=O) groups excluding carboxylic acids is 1.